The summed E-state index contributed by atoms with van der Waals surface area (Å²) in [7, 11) is -2.14. The van der Waals surface area contributed by atoms with Gasteiger partial charge in [-0.3, -0.25) is 9.10 Å². The van der Waals surface area contributed by atoms with Crippen LogP contribution in [0.2, 0.25) is 0 Å². The van der Waals surface area contributed by atoms with Crippen molar-refractivity contribution in [2.75, 3.05) is 17.6 Å². The van der Waals surface area contributed by atoms with Gasteiger partial charge in [-0.25, -0.2) is 8.42 Å². The Kier molecular flexibility index (Phi) is 6.72. The zero-order chi connectivity index (χ0) is 19.3. The van der Waals surface area contributed by atoms with Crippen molar-refractivity contribution < 1.29 is 13.2 Å². The number of benzene rings is 2. The van der Waals surface area contributed by atoms with Gasteiger partial charge in [0.15, 0.2) is 0 Å². The fourth-order valence-corrected chi connectivity index (χ4v) is 3.88. The van der Waals surface area contributed by atoms with Crippen molar-refractivity contribution in [2.45, 2.75) is 36.1 Å². The van der Waals surface area contributed by atoms with Gasteiger partial charge in [-0.05, 0) is 68.1 Å². The van der Waals surface area contributed by atoms with E-state index < -0.39 is 10.0 Å². The van der Waals surface area contributed by atoms with Gasteiger partial charge in [-0.1, -0.05) is 6.92 Å². The van der Waals surface area contributed by atoms with E-state index >= 15 is 0 Å². The van der Waals surface area contributed by atoms with Crippen molar-refractivity contribution in [1.29, 1.82) is 0 Å². The molecular weight excluding hydrogens is 368 g/mol. The van der Waals surface area contributed by atoms with E-state index in [0.29, 0.717) is 11.3 Å². The molecule has 0 aromatic heterocycles. The van der Waals surface area contributed by atoms with Crippen molar-refractivity contribution in [2.24, 2.45) is 0 Å². The SMILES string of the molecule is CC[C@@H](C)NC(=O)c1ccc(N(C)S(=O)(=O)c2ccc(SC)cc2)cc1. The maximum absolute atomic E-state index is 12.8. The van der Waals surface area contributed by atoms with Crippen molar-refractivity contribution in [1.82, 2.24) is 5.32 Å². The number of hydrogen-bond donors (Lipinski definition) is 1. The topological polar surface area (TPSA) is 66.5 Å². The molecule has 5 nitrogen and oxygen atoms in total. The van der Waals surface area contributed by atoms with E-state index in [1.54, 1.807) is 60.3 Å². The van der Waals surface area contributed by atoms with Gasteiger partial charge < -0.3 is 5.32 Å². The first-order valence-corrected chi connectivity index (χ1v) is 11.0. The van der Waals surface area contributed by atoms with Gasteiger partial charge in [0.2, 0.25) is 0 Å². The maximum atomic E-state index is 12.8. The van der Waals surface area contributed by atoms with Crippen LogP contribution in [-0.4, -0.2) is 33.7 Å². The lowest BCUT2D eigenvalue weighted by Gasteiger charge is -2.20. The molecule has 2 aromatic rings. The first-order valence-electron chi connectivity index (χ1n) is 8.33. The minimum Gasteiger partial charge on any atom is -0.350 e. The quantitative estimate of drug-likeness (QED) is 0.729. The summed E-state index contributed by atoms with van der Waals surface area (Å²) in [5.41, 5.74) is 1.00. The molecule has 0 saturated heterocycles. The third-order valence-electron chi connectivity index (χ3n) is 4.20. The highest BCUT2D eigenvalue weighted by Gasteiger charge is 2.21. The van der Waals surface area contributed by atoms with E-state index in [9.17, 15) is 13.2 Å². The second kappa shape index (κ2) is 8.60. The summed E-state index contributed by atoms with van der Waals surface area (Å²) in [6, 6.07) is 13.4. The van der Waals surface area contributed by atoms with Crippen LogP contribution in [0.3, 0.4) is 0 Å². The van der Waals surface area contributed by atoms with E-state index in [1.807, 2.05) is 20.1 Å². The molecule has 0 heterocycles. The number of nitrogens with zero attached hydrogens (tertiary/aromatic N) is 1. The van der Waals surface area contributed by atoms with Crippen LogP contribution in [0.4, 0.5) is 5.69 Å². The molecule has 0 spiro atoms. The van der Waals surface area contributed by atoms with Gasteiger partial charge in [0.05, 0.1) is 10.6 Å². The van der Waals surface area contributed by atoms with E-state index in [-0.39, 0.29) is 16.8 Å². The molecule has 2 aromatic carbocycles. The predicted octanol–water partition coefficient (Wildman–Crippen LogP) is 3.76. The number of carbonyl (C=O) groups excluding carboxylic acids is 1. The minimum absolute atomic E-state index is 0.0921. The molecule has 0 radical (unpaired) electrons. The zero-order valence-electron chi connectivity index (χ0n) is 15.4. The van der Waals surface area contributed by atoms with Crippen LogP contribution in [0.15, 0.2) is 58.3 Å². The van der Waals surface area contributed by atoms with Crippen molar-refractivity contribution in [3.05, 3.63) is 54.1 Å². The molecule has 1 N–H and O–H groups in total. The molecule has 140 valence electrons. The Hall–Kier alpha value is -1.99. The summed E-state index contributed by atoms with van der Waals surface area (Å²) in [5, 5.41) is 2.89. The Morgan fingerprint density at radius 1 is 1.12 bits per heavy atom. The Morgan fingerprint density at radius 2 is 1.69 bits per heavy atom. The lowest BCUT2D eigenvalue weighted by molar-refractivity contribution is 0.0939. The average Bonchev–Trinajstić information content (AvgIpc) is 2.67. The van der Waals surface area contributed by atoms with E-state index in [0.717, 1.165) is 11.3 Å². The number of hydrogen-bond acceptors (Lipinski definition) is 4. The molecule has 0 aliphatic heterocycles. The van der Waals surface area contributed by atoms with Gasteiger partial charge in [-0.2, -0.15) is 0 Å². The molecule has 0 saturated carbocycles. The molecule has 7 heteroatoms. The van der Waals surface area contributed by atoms with Crippen molar-refractivity contribution in [3.8, 4) is 0 Å². The number of amides is 1. The molecule has 2 rings (SSSR count). The average molecular weight is 393 g/mol. The molecule has 0 aliphatic rings. The fraction of sp³-hybridized carbons (Fsp3) is 0.316. The lowest BCUT2D eigenvalue weighted by Crippen LogP contribution is -2.32. The molecule has 0 unspecified atom stereocenters. The fourth-order valence-electron chi connectivity index (χ4n) is 2.28. The monoisotopic (exact) mass is 392 g/mol. The molecule has 0 aliphatic carbocycles. The maximum Gasteiger partial charge on any atom is 0.264 e. The van der Waals surface area contributed by atoms with E-state index in [4.69, 9.17) is 0 Å². The first-order chi connectivity index (χ1) is 12.3. The standard InChI is InChI=1S/C19H24N2O3S2/c1-5-14(2)20-19(22)15-6-8-16(9-7-15)21(3)26(23,24)18-12-10-17(25-4)11-13-18/h6-14H,5H2,1-4H3,(H,20,22)/t14-/m1/s1. The number of thioether (sulfide) groups is 1. The summed E-state index contributed by atoms with van der Waals surface area (Å²) in [6.07, 6.45) is 2.79. The number of sulfonamides is 1. The van der Waals surface area contributed by atoms with Crippen LogP contribution in [0.1, 0.15) is 30.6 Å². The van der Waals surface area contributed by atoms with E-state index in [1.165, 1.54) is 11.4 Å². The molecular formula is C19H24N2O3S2. The second-order valence-electron chi connectivity index (χ2n) is 5.98. The molecule has 26 heavy (non-hydrogen) atoms. The number of nitrogens with one attached hydrogen (secondary N) is 1. The smallest absolute Gasteiger partial charge is 0.264 e. The van der Waals surface area contributed by atoms with Gasteiger partial charge >= 0.3 is 0 Å². The normalized spacial score (nSPS) is 12.5. The number of carbonyl (C=O) groups is 1. The largest absolute Gasteiger partial charge is 0.350 e. The van der Waals surface area contributed by atoms with Crippen LogP contribution < -0.4 is 9.62 Å². The predicted molar refractivity (Wildman–Crippen MR) is 107 cm³/mol. The third kappa shape index (κ3) is 4.59. The van der Waals surface area contributed by atoms with Gasteiger partial charge in [0, 0.05) is 23.5 Å². The van der Waals surface area contributed by atoms with Crippen LogP contribution in [0, 0.1) is 0 Å². The highest BCUT2D eigenvalue weighted by molar-refractivity contribution is 7.98. The lowest BCUT2D eigenvalue weighted by atomic mass is 10.1. The zero-order valence-corrected chi connectivity index (χ0v) is 17.0. The Balaban J connectivity index is 2.20. The molecule has 0 fully saturated rings. The van der Waals surface area contributed by atoms with Gasteiger partial charge in [0.1, 0.15) is 0 Å². The Bertz CT molecular complexity index is 847. The van der Waals surface area contributed by atoms with Crippen LogP contribution >= 0.6 is 11.8 Å². The Morgan fingerprint density at radius 3 is 2.19 bits per heavy atom. The molecule has 1 atom stereocenters. The van der Waals surface area contributed by atoms with Crippen LogP contribution in [0.5, 0.6) is 0 Å². The van der Waals surface area contributed by atoms with Gasteiger partial charge in [-0.15, -0.1) is 11.8 Å². The van der Waals surface area contributed by atoms with Crippen molar-refractivity contribution >= 4 is 33.4 Å². The summed E-state index contributed by atoms with van der Waals surface area (Å²) < 4.78 is 26.8. The number of anilines is 1. The van der Waals surface area contributed by atoms with Crippen LogP contribution in [0.25, 0.3) is 0 Å². The summed E-state index contributed by atoms with van der Waals surface area (Å²) in [4.78, 5) is 13.4. The van der Waals surface area contributed by atoms with Crippen molar-refractivity contribution in [3.63, 3.8) is 0 Å². The molecule has 0 bridgehead atoms. The summed E-state index contributed by atoms with van der Waals surface area (Å²) in [6.45, 7) is 3.94. The molecule has 1 amide bonds. The Labute approximate surface area is 159 Å². The van der Waals surface area contributed by atoms with Crippen LogP contribution in [-0.2, 0) is 10.0 Å². The number of rotatable bonds is 7. The summed E-state index contributed by atoms with van der Waals surface area (Å²) >= 11 is 1.56. The van der Waals surface area contributed by atoms with Gasteiger partial charge in [0.25, 0.3) is 15.9 Å². The highest BCUT2D eigenvalue weighted by atomic mass is 32.2. The van der Waals surface area contributed by atoms with E-state index in [2.05, 4.69) is 5.32 Å². The third-order valence-corrected chi connectivity index (χ3v) is 6.74. The highest BCUT2D eigenvalue weighted by Crippen LogP contribution is 2.24. The minimum atomic E-state index is -3.65. The summed E-state index contributed by atoms with van der Waals surface area (Å²) in [5.74, 6) is -0.163. The second-order valence-corrected chi connectivity index (χ2v) is 8.83. The first kappa shape index (κ1) is 20.3.